The van der Waals surface area contributed by atoms with E-state index >= 15 is 0 Å². The summed E-state index contributed by atoms with van der Waals surface area (Å²) in [5.74, 6) is 1.58. The minimum atomic E-state index is 0.483. The average Bonchev–Trinajstić information content (AvgIpc) is 2.79. The summed E-state index contributed by atoms with van der Waals surface area (Å²) in [6.07, 6.45) is 10.0. The molecule has 2 saturated carbocycles. The molecule has 1 aromatic rings. The van der Waals surface area contributed by atoms with E-state index in [-0.39, 0.29) is 0 Å². The summed E-state index contributed by atoms with van der Waals surface area (Å²) >= 11 is 0. The topological polar surface area (TPSA) is 12.0 Å². The fourth-order valence-electron chi connectivity index (χ4n) is 5.32. The van der Waals surface area contributed by atoms with Crippen molar-refractivity contribution >= 4 is 5.69 Å². The van der Waals surface area contributed by atoms with E-state index in [0.29, 0.717) is 11.3 Å². The minimum Gasteiger partial charge on any atom is -0.381 e. The van der Waals surface area contributed by atoms with Gasteiger partial charge in [0.1, 0.15) is 0 Å². The molecule has 0 unspecified atom stereocenters. The van der Waals surface area contributed by atoms with Gasteiger partial charge in [-0.25, -0.2) is 0 Å². The van der Waals surface area contributed by atoms with Crippen LogP contribution in [0.1, 0.15) is 75.8 Å². The van der Waals surface area contributed by atoms with Gasteiger partial charge in [-0.2, -0.15) is 0 Å². The van der Waals surface area contributed by atoms with Gasteiger partial charge in [0.25, 0.3) is 0 Å². The van der Waals surface area contributed by atoms with Gasteiger partial charge in [-0.3, -0.25) is 0 Å². The lowest BCUT2D eigenvalue weighted by Crippen LogP contribution is -2.49. The van der Waals surface area contributed by atoms with E-state index in [4.69, 9.17) is 0 Å². The number of benzene rings is 1. The molecule has 0 aromatic heterocycles. The molecule has 1 heteroatoms. The summed E-state index contributed by atoms with van der Waals surface area (Å²) in [7, 11) is 0. The second-order valence-electron chi connectivity index (χ2n) is 7.57. The monoisotopic (exact) mass is 269 g/mol. The number of rotatable bonds is 1. The molecule has 1 aromatic carbocycles. The first-order valence-corrected chi connectivity index (χ1v) is 8.63. The van der Waals surface area contributed by atoms with Crippen LogP contribution in [0.3, 0.4) is 0 Å². The Morgan fingerprint density at radius 1 is 1.10 bits per heavy atom. The highest BCUT2D eigenvalue weighted by Gasteiger charge is 2.53. The fourth-order valence-corrected chi connectivity index (χ4v) is 5.32. The van der Waals surface area contributed by atoms with Gasteiger partial charge in [-0.05, 0) is 54.7 Å². The Labute approximate surface area is 123 Å². The molecule has 108 valence electrons. The lowest BCUT2D eigenvalue weighted by Gasteiger charge is -2.49. The Kier molecular flexibility index (Phi) is 2.87. The van der Waals surface area contributed by atoms with Crippen molar-refractivity contribution in [1.29, 1.82) is 0 Å². The van der Waals surface area contributed by atoms with Crippen LogP contribution in [0.4, 0.5) is 5.69 Å². The summed E-state index contributed by atoms with van der Waals surface area (Å²) < 4.78 is 0. The first kappa shape index (κ1) is 12.7. The van der Waals surface area contributed by atoms with Crippen LogP contribution in [-0.2, 0) is 5.41 Å². The van der Waals surface area contributed by atoms with Crippen molar-refractivity contribution in [1.82, 2.24) is 0 Å². The van der Waals surface area contributed by atoms with Crippen molar-refractivity contribution in [3.63, 3.8) is 0 Å². The van der Waals surface area contributed by atoms with Gasteiger partial charge in [0.15, 0.2) is 0 Å². The molecule has 2 aliphatic carbocycles. The molecular formula is C19H27N. The molecule has 0 amide bonds. The number of anilines is 1. The largest absolute Gasteiger partial charge is 0.381 e. The first-order chi connectivity index (χ1) is 9.72. The van der Waals surface area contributed by atoms with Crippen molar-refractivity contribution in [2.75, 3.05) is 5.32 Å². The van der Waals surface area contributed by atoms with Gasteiger partial charge >= 0.3 is 0 Å². The number of fused-ring (bicyclic) bond motifs is 1. The van der Waals surface area contributed by atoms with Gasteiger partial charge in [-0.15, -0.1) is 0 Å². The summed E-state index contributed by atoms with van der Waals surface area (Å²) in [6.45, 7) is 4.64. The molecule has 0 bridgehead atoms. The SMILES string of the molecule is CC(C)c1ccc2c(c1)[C@]13CCCC[C@H]1CCC[C@H]3N2. The number of nitrogens with one attached hydrogen (secondary N) is 1. The van der Waals surface area contributed by atoms with Gasteiger partial charge < -0.3 is 5.32 Å². The van der Waals surface area contributed by atoms with E-state index in [9.17, 15) is 0 Å². The Bertz CT molecular complexity index is 508. The van der Waals surface area contributed by atoms with Crippen LogP contribution in [0.2, 0.25) is 0 Å². The summed E-state index contributed by atoms with van der Waals surface area (Å²) in [6, 6.07) is 7.97. The third-order valence-electron chi connectivity index (χ3n) is 6.33. The van der Waals surface area contributed by atoms with E-state index in [0.717, 1.165) is 12.0 Å². The van der Waals surface area contributed by atoms with E-state index in [2.05, 4.69) is 37.4 Å². The van der Waals surface area contributed by atoms with Crippen molar-refractivity contribution in [2.45, 2.75) is 76.2 Å². The van der Waals surface area contributed by atoms with Gasteiger partial charge in [0, 0.05) is 17.1 Å². The molecule has 3 aliphatic rings. The van der Waals surface area contributed by atoms with Crippen molar-refractivity contribution in [2.24, 2.45) is 5.92 Å². The van der Waals surface area contributed by atoms with E-state index in [1.165, 1.54) is 56.2 Å². The molecule has 1 spiro atoms. The maximum absolute atomic E-state index is 3.89. The lowest BCUT2D eigenvalue weighted by molar-refractivity contribution is 0.118. The average molecular weight is 269 g/mol. The van der Waals surface area contributed by atoms with Crippen LogP contribution in [0.25, 0.3) is 0 Å². The maximum Gasteiger partial charge on any atom is 0.0381 e. The zero-order chi connectivity index (χ0) is 13.7. The van der Waals surface area contributed by atoms with Crippen LogP contribution >= 0.6 is 0 Å². The molecule has 3 atom stereocenters. The van der Waals surface area contributed by atoms with Crippen LogP contribution in [0.15, 0.2) is 18.2 Å². The van der Waals surface area contributed by atoms with Crippen LogP contribution in [0, 0.1) is 5.92 Å². The molecule has 0 radical (unpaired) electrons. The second kappa shape index (κ2) is 4.51. The maximum atomic E-state index is 3.89. The Hall–Kier alpha value is -0.980. The number of hydrogen-bond donors (Lipinski definition) is 1. The Morgan fingerprint density at radius 2 is 1.95 bits per heavy atom. The zero-order valence-corrected chi connectivity index (χ0v) is 12.9. The minimum absolute atomic E-state index is 0.483. The predicted molar refractivity (Wildman–Crippen MR) is 85.4 cm³/mol. The molecule has 2 fully saturated rings. The molecule has 1 nitrogen and oxygen atoms in total. The predicted octanol–water partition coefficient (Wildman–Crippen LogP) is 5.22. The highest BCUT2D eigenvalue weighted by atomic mass is 15.0. The Balaban J connectivity index is 1.85. The van der Waals surface area contributed by atoms with E-state index < -0.39 is 0 Å². The van der Waals surface area contributed by atoms with Crippen molar-refractivity contribution in [3.8, 4) is 0 Å². The highest BCUT2D eigenvalue weighted by Crippen LogP contribution is 2.58. The van der Waals surface area contributed by atoms with E-state index in [1.807, 2.05) is 0 Å². The molecule has 0 saturated heterocycles. The smallest absolute Gasteiger partial charge is 0.0381 e. The molecule has 1 N–H and O–H groups in total. The second-order valence-corrected chi connectivity index (χ2v) is 7.57. The van der Waals surface area contributed by atoms with Gasteiger partial charge in [0.2, 0.25) is 0 Å². The first-order valence-electron chi connectivity index (χ1n) is 8.63. The molecular weight excluding hydrogens is 242 g/mol. The summed E-state index contributed by atoms with van der Waals surface area (Å²) in [5, 5.41) is 3.89. The van der Waals surface area contributed by atoms with Crippen molar-refractivity contribution in [3.05, 3.63) is 29.3 Å². The standard InChI is InChI=1S/C19H27N/c1-13(2)14-9-10-17-16(12-14)19-11-4-3-6-15(19)7-5-8-18(19)20-17/h9-10,12-13,15,18,20H,3-8,11H2,1-2H3/t15-,18+,19-/m0/s1. The van der Waals surface area contributed by atoms with E-state index in [1.54, 1.807) is 5.56 Å². The Morgan fingerprint density at radius 3 is 2.80 bits per heavy atom. The summed E-state index contributed by atoms with van der Waals surface area (Å²) in [5.41, 5.74) is 5.14. The third kappa shape index (κ3) is 1.61. The normalized spacial score (nSPS) is 35.1. The van der Waals surface area contributed by atoms with Crippen molar-refractivity contribution < 1.29 is 0 Å². The lowest BCUT2D eigenvalue weighted by atomic mass is 9.55. The highest BCUT2D eigenvalue weighted by molar-refractivity contribution is 5.64. The zero-order valence-electron chi connectivity index (χ0n) is 12.9. The molecule has 20 heavy (non-hydrogen) atoms. The quantitative estimate of drug-likeness (QED) is 0.737. The van der Waals surface area contributed by atoms with Crippen LogP contribution in [0.5, 0.6) is 0 Å². The van der Waals surface area contributed by atoms with Crippen LogP contribution in [-0.4, -0.2) is 6.04 Å². The van der Waals surface area contributed by atoms with Crippen LogP contribution < -0.4 is 5.32 Å². The molecule has 1 aliphatic heterocycles. The summed E-state index contributed by atoms with van der Waals surface area (Å²) in [4.78, 5) is 0. The molecule has 4 rings (SSSR count). The number of hydrogen-bond acceptors (Lipinski definition) is 1. The van der Waals surface area contributed by atoms with Gasteiger partial charge in [0.05, 0.1) is 0 Å². The third-order valence-corrected chi connectivity index (χ3v) is 6.33. The fraction of sp³-hybridized carbons (Fsp3) is 0.684. The molecule has 1 heterocycles. The van der Waals surface area contributed by atoms with Gasteiger partial charge in [-0.1, -0.05) is 45.2 Å².